The second-order valence-electron chi connectivity index (χ2n) is 6.64. The van der Waals surface area contributed by atoms with Gasteiger partial charge in [0.15, 0.2) is 5.01 Å². The molecule has 3 heterocycles. The molecule has 0 spiro atoms. The molecule has 4 N–H and O–H groups in total. The first kappa shape index (κ1) is 20.8. The van der Waals surface area contributed by atoms with Crippen molar-refractivity contribution in [3.63, 3.8) is 0 Å². The molecule has 8 nitrogen and oxygen atoms in total. The molecular weight excluding hydrogens is 438 g/mol. The van der Waals surface area contributed by atoms with Gasteiger partial charge in [-0.05, 0) is 17.2 Å². The van der Waals surface area contributed by atoms with Crippen molar-refractivity contribution in [3.8, 4) is 9.88 Å². The van der Waals surface area contributed by atoms with E-state index in [1.807, 2.05) is 0 Å². The van der Waals surface area contributed by atoms with Crippen molar-refractivity contribution in [2.45, 2.75) is 36.9 Å². The summed E-state index contributed by atoms with van der Waals surface area (Å²) in [5, 5.41) is 49.8. The van der Waals surface area contributed by atoms with Crippen LogP contribution in [0.3, 0.4) is 0 Å². The number of nitrogens with zero attached hydrogens (tertiary/aromatic N) is 3. The molecule has 5 atom stereocenters. The largest absolute Gasteiger partial charge is 0.394 e. The van der Waals surface area contributed by atoms with E-state index in [0.717, 1.165) is 20.5 Å². The lowest BCUT2D eigenvalue weighted by molar-refractivity contribution is -0.231. The fourth-order valence-electron chi connectivity index (χ4n) is 3.22. The Morgan fingerprint density at radius 1 is 1.14 bits per heavy atom. The summed E-state index contributed by atoms with van der Waals surface area (Å²) in [7, 11) is 0. The van der Waals surface area contributed by atoms with E-state index in [2.05, 4.69) is 15.2 Å². The molecule has 1 aliphatic heterocycles. The molecule has 0 saturated carbocycles. The Bertz CT molecular complexity index is 968. The van der Waals surface area contributed by atoms with Gasteiger partial charge in [0.1, 0.15) is 36.0 Å². The number of rotatable bonds is 5. The summed E-state index contributed by atoms with van der Waals surface area (Å²) >= 11 is 9.29. The van der Waals surface area contributed by atoms with E-state index < -0.39 is 37.1 Å². The summed E-state index contributed by atoms with van der Waals surface area (Å²) in [6.45, 7) is -0.477. The van der Waals surface area contributed by atoms with Crippen LogP contribution >= 0.6 is 34.3 Å². The summed E-state index contributed by atoms with van der Waals surface area (Å²) in [4.78, 5) is 5.35. The highest BCUT2D eigenvalue weighted by atomic mass is 35.5. The minimum absolute atomic E-state index is 0.466. The number of aromatic nitrogens is 3. The molecule has 4 rings (SSSR count). The number of aliphatic hydroxyl groups excluding tert-OH is 4. The van der Waals surface area contributed by atoms with E-state index in [-0.39, 0.29) is 0 Å². The molecular formula is C18H18ClN3O5S2. The Morgan fingerprint density at radius 3 is 2.69 bits per heavy atom. The van der Waals surface area contributed by atoms with Gasteiger partial charge in [0.05, 0.1) is 16.5 Å². The van der Waals surface area contributed by atoms with Gasteiger partial charge < -0.3 is 25.2 Å². The number of benzene rings is 1. The van der Waals surface area contributed by atoms with Crippen LogP contribution in [0.4, 0.5) is 0 Å². The molecule has 0 aliphatic carbocycles. The summed E-state index contributed by atoms with van der Waals surface area (Å²) < 4.78 is 5.63. The third-order valence-corrected chi connectivity index (χ3v) is 6.98. The summed E-state index contributed by atoms with van der Waals surface area (Å²) in [5.41, 5.74) is 3.02. The zero-order chi connectivity index (χ0) is 20.5. The molecule has 0 radical (unpaired) electrons. The Labute approximate surface area is 179 Å². The lowest BCUT2D eigenvalue weighted by Gasteiger charge is -2.40. The van der Waals surface area contributed by atoms with Crippen molar-refractivity contribution in [3.05, 3.63) is 51.1 Å². The Morgan fingerprint density at radius 2 is 1.97 bits per heavy atom. The SMILES string of the molecule is OC[C@H]1O[C@H](c2ccc(Cl)c(Cc3ncc(-c4nncs4)s3)c2)[C@H](O)[C@@H](O)[C@H]1O. The molecule has 1 fully saturated rings. The topological polar surface area (TPSA) is 129 Å². The number of halogens is 1. The lowest BCUT2D eigenvalue weighted by atomic mass is 9.90. The van der Waals surface area contributed by atoms with Crippen molar-refractivity contribution < 1.29 is 25.2 Å². The summed E-state index contributed by atoms with van der Waals surface area (Å²) in [6.07, 6.45) is -3.83. The van der Waals surface area contributed by atoms with Gasteiger partial charge >= 0.3 is 0 Å². The number of ether oxygens (including phenoxy) is 1. The van der Waals surface area contributed by atoms with Crippen LogP contribution in [0.2, 0.25) is 5.02 Å². The van der Waals surface area contributed by atoms with Crippen LogP contribution in [0, 0.1) is 0 Å². The Kier molecular flexibility index (Phi) is 6.23. The smallest absolute Gasteiger partial charge is 0.159 e. The monoisotopic (exact) mass is 455 g/mol. The van der Waals surface area contributed by atoms with Crippen LogP contribution in [0.1, 0.15) is 22.2 Å². The van der Waals surface area contributed by atoms with Crippen LogP contribution in [-0.4, -0.2) is 66.6 Å². The minimum atomic E-state index is -1.43. The van der Waals surface area contributed by atoms with Crippen LogP contribution in [0.25, 0.3) is 9.88 Å². The maximum Gasteiger partial charge on any atom is 0.159 e. The molecule has 0 unspecified atom stereocenters. The second kappa shape index (κ2) is 8.70. The molecule has 1 aliphatic rings. The van der Waals surface area contributed by atoms with Gasteiger partial charge in [0.2, 0.25) is 0 Å². The standard InChI is InChI=1S/C18H18ClN3O5S2/c19-10-2-1-8(17-16(26)15(25)14(24)11(6-23)27-17)3-9(10)4-13-20-5-12(29-13)18-22-21-7-28-18/h1-3,5,7,11,14-17,23-26H,4,6H2/t11-,14+,15+,16-,17-/m1/s1. The molecule has 1 saturated heterocycles. The summed E-state index contributed by atoms with van der Waals surface area (Å²) in [6, 6.07) is 5.15. The third-order valence-electron chi connectivity index (χ3n) is 4.76. The van der Waals surface area contributed by atoms with Crippen LogP contribution in [-0.2, 0) is 11.2 Å². The molecule has 29 heavy (non-hydrogen) atoms. The van der Waals surface area contributed by atoms with Crippen molar-refractivity contribution in [1.82, 2.24) is 15.2 Å². The molecule has 154 valence electrons. The molecule has 0 bridgehead atoms. The normalized spacial score (nSPS) is 27.3. The van der Waals surface area contributed by atoms with E-state index >= 15 is 0 Å². The van der Waals surface area contributed by atoms with Gasteiger partial charge in [-0.15, -0.1) is 21.5 Å². The van der Waals surface area contributed by atoms with Crippen molar-refractivity contribution in [1.29, 1.82) is 0 Å². The van der Waals surface area contributed by atoms with Gasteiger partial charge in [-0.2, -0.15) is 0 Å². The average molecular weight is 456 g/mol. The predicted octanol–water partition coefficient (Wildman–Crippen LogP) is 1.42. The van der Waals surface area contributed by atoms with E-state index in [1.165, 1.54) is 22.7 Å². The zero-order valence-electron chi connectivity index (χ0n) is 14.9. The molecule has 11 heteroatoms. The Hall–Kier alpha value is -1.50. The highest BCUT2D eigenvalue weighted by Crippen LogP contribution is 2.35. The van der Waals surface area contributed by atoms with Gasteiger partial charge in [0.25, 0.3) is 0 Å². The first-order valence-corrected chi connectivity index (χ1v) is 10.9. The average Bonchev–Trinajstić information content (AvgIpc) is 3.40. The first-order valence-electron chi connectivity index (χ1n) is 8.78. The Balaban J connectivity index is 1.58. The lowest BCUT2D eigenvalue weighted by Crippen LogP contribution is -2.55. The fraction of sp³-hybridized carbons (Fsp3) is 0.389. The van der Waals surface area contributed by atoms with Gasteiger partial charge in [-0.1, -0.05) is 35.1 Å². The highest BCUT2D eigenvalue weighted by Gasteiger charge is 2.44. The van der Waals surface area contributed by atoms with E-state index in [4.69, 9.17) is 16.3 Å². The van der Waals surface area contributed by atoms with Crippen LogP contribution in [0.15, 0.2) is 29.9 Å². The molecule has 2 aromatic heterocycles. The number of hydrogen-bond acceptors (Lipinski definition) is 10. The number of thiazole rings is 1. The van der Waals surface area contributed by atoms with E-state index in [9.17, 15) is 20.4 Å². The predicted molar refractivity (Wildman–Crippen MR) is 108 cm³/mol. The van der Waals surface area contributed by atoms with Crippen molar-refractivity contribution in [2.75, 3.05) is 6.61 Å². The zero-order valence-corrected chi connectivity index (χ0v) is 17.3. The van der Waals surface area contributed by atoms with E-state index in [0.29, 0.717) is 17.0 Å². The van der Waals surface area contributed by atoms with Crippen molar-refractivity contribution >= 4 is 34.3 Å². The maximum absolute atomic E-state index is 10.4. The maximum atomic E-state index is 10.4. The third kappa shape index (κ3) is 4.21. The minimum Gasteiger partial charge on any atom is -0.394 e. The van der Waals surface area contributed by atoms with Crippen LogP contribution in [0.5, 0.6) is 0 Å². The number of hydrogen-bond donors (Lipinski definition) is 4. The number of aliphatic hydroxyl groups is 4. The summed E-state index contributed by atoms with van der Waals surface area (Å²) in [5.74, 6) is 0. The van der Waals surface area contributed by atoms with E-state index in [1.54, 1.807) is 29.9 Å². The van der Waals surface area contributed by atoms with Crippen LogP contribution < -0.4 is 0 Å². The first-order chi connectivity index (χ1) is 14.0. The fourth-order valence-corrected chi connectivity index (χ4v) is 4.95. The van der Waals surface area contributed by atoms with Gasteiger partial charge in [-0.25, -0.2) is 4.98 Å². The highest BCUT2D eigenvalue weighted by molar-refractivity contribution is 7.20. The second-order valence-corrected chi connectivity index (χ2v) is 8.99. The quantitative estimate of drug-likeness (QED) is 0.454. The van der Waals surface area contributed by atoms with Gasteiger partial charge in [0, 0.05) is 17.6 Å². The molecule has 0 amide bonds. The molecule has 1 aromatic carbocycles. The van der Waals surface area contributed by atoms with Gasteiger partial charge in [-0.3, -0.25) is 0 Å². The van der Waals surface area contributed by atoms with Crippen molar-refractivity contribution in [2.24, 2.45) is 0 Å². The molecule has 3 aromatic rings.